The van der Waals surface area contributed by atoms with Crippen LogP contribution in [0.25, 0.3) is 11.3 Å². The number of nitrogens with one attached hydrogen (secondary N) is 2. The van der Waals surface area contributed by atoms with E-state index in [1.807, 2.05) is 36.4 Å². The summed E-state index contributed by atoms with van der Waals surface area (Å²) in [6.45, 7) is 6.48. The van der Waals surface area contributed by atoms with E-state index in [0.717, 1.165) is 5.56 Å². The molecule has 0 aliphatic rings. The monoisotopic (exact) mass is 371 g/mol. The molecule has 0 aliphatic carbocycles. The van der Waals surface area contributed by atoms with Crippen LogP contribution in [0, 0.1) is 11.3 Å². The first-order chi connectivity index (χ1) is 13.4. The number of rotatable bonds is 4. The number of anilines is 1. The molecule has 0 spiro atoms. The molecule has 0 unspecified atom stereocenters. The Bertz CT molecular complexity index is 1090. The summed E-state index contributed by atoms with van der Waals surface area (Å²) < 4.78 is 0. The number of nitrogens with zero attached hydrogens (tertiary/aromatic N) is 3. The van der Waals surface area contributed by atoms with Gasteiger partial charge in [0.15, 0.2) is 0 Å². The molecule has 1 aromatic heterocycles. The highest BCUT2D eigenvalue weighted by Gasteiger charge is 2.13. The molecule has 2 aromatic carbocycles. The molecule has 6 nitrogen and oxygen atoms in total. The SMILES string of the molecule is CC(C)(C)c1ccc(C=NNc2nc(-c3ccccc3)c(C#N)c(=O)[nH]2)cc1. The Morgan fingerprint density at radius 3 is 2.39 bits per heavy atom. The summed E-state index contributed by atoms with van der Waals surface area (Å²) in [5.41, 5.74) is 5.45. The second-order valence-electron chi connectivity index (χ2n) is 7.36. The predicted octanol–water partition coefficient (Wildman–Crippen LogP) is 4.05. The molecule has 0 atom stereocenters. The maximum Gasteiger partial charge on any atom is 0.270 e. The van der Waals surface area contributed by atoms with Gasteiger partial charge in [-0.05, 0) is 16.5 Å². The Balaban J connectivity index is 1.83. The van der Waals surface area contributed by atoms with Crippen molar-refractivity contribution in [3.8, 4) is 17.3 Å². The van der Waals surface area contributed by atoms with Crippen LogP contribution < -0.4 is 11.0 Å². The summed E-state index contributed by atoms with van der Waals surface area (Å²) >= 11 is 0. The second-order valence-corrected chi connectivity index (χ2v) is 7.36. The van der Waals surface area contributed by atoms with E-state index in [0.29, 0.717) is 11.3 Å². The third kappa shape index (κ3) is 4.33. The molecular weight excluding hydrogens is 350 g/mol. The Kier molecular flexibility index (Phi) is 5.37. The van der Waals surface area contributed by atoms with Crippen LogP contribution in [-0.4, -0.2) is 16.2 Å². The fraction of sp³-hybridized carbons (Fsp3) is 0.182. The normalized spacial score (nSPS) is 11.4. The maximum atomic E-state index is 12.2. The quantitative estimate of drug-likeness (QED) is 0.534. The summed E-state index contributed by atoms with van der Waals surface area (Å²) in [5, 5.41) is 13.4. The molecule has 2 N–H and O–H groups in total. The molecule has 6 heteroatoms. The lowest BCUT2D eigenvalue weighted by Gasteiger charge is -2.18. The van der Waals surface area contributed by atoms with Gasteiger partial charge in [-0.25, -0.2) is 10.4 Å². The first kappa shape index (κ1) is 19.1. The molecular formula is C22H21N5O. The average Bonchev–Trinajstić information content (AvgIpc) is 2.68. The van der Waals surface area contributed by atoms with E-state index in [-0.39, 0.29) is 16.9 Å². The van der Waals surface area contributed by atoms with E-state index in [2.05, 4.69) is 53.4 Å². The van der Waals surface area contributed by atoms with Crippen molar-refractivity contribution in [2.75, 3.05) is 5.43 Å². The van der Waals surface area contributed by atoms with E-state index >= 15 is 0 Å². The van der Waals surface area contributed by atoms with Crippen LogP contribution in [0.1, 0.15) is 37.5 Å². The van der Waals surface area contributed by atoms with Crippen molar-refractivity contribution in [3.05, 3.63) is 81.6 Å². The molecule has 0 fully saturated rings. The van der Waals surface area contributed by atoms with Gasteiger partial charge < -0.3 is 0 Å². The van der Waals surface area contributed by atoms with Crippen LogP contribution >= 0.6 is 0 Å². The average molecular weight is 371 g/mol. The van der Waals surface area contributed by atoms with Crippen LogP contribution in [0.15, 0.2) is 64.5 Å². The van der Waals surface area contributed by atoms with Gasteiger partial charge in [0.05, 0.1) is 11.9 Å². The van der Waals surface area contributed by atoms with Gasteiger partial charge in [-0.15, -0.1) is 0 Å². The van der Waals surface area contributed by atoms with Crippen molar-refractivity contribution >= 4 is 12.2 Å². The van der Waals surface area contributed by atoms with Crippen LogP contribution in [-0.2, 0) is 5.41 Å². The number of benzene rings is 2. The van der Waals surface area contributed by atoms with Gasteiger partial charge in [0.2, 0.25) is 5.95 Å². The van der Waals surface area contributed by atoms with E-state index in [4.69, 9.17) is 0 Å². The number of H-pyrrole nitrogens is 1. The van der Waals surface area contributed by atoms with Gasteiger partial charge in [-0.3, -0.25) is 9.78 Å². The predicted molar refractivity (Wildman–Crippen MR) is 111 cm³/mol. The highest BCUT2D eigenvalue weighted by Crippen LogP contribution is 2.22. The smallest absolute Gasteiger partial charge is 0.270 e. The van der Waals surface area contributed by atoms with E-state index in [1.54, 1.807) is 18.3 Å². The van der Waals surface area contributed by atoms with Gasteiger partial charge in [0, 0.05) is 5.56 Å². The van der Waals surface area contributed by atoms with E-state index in [9.17, 15) is 10.1 Å². The van der Waals surface area contributed by atoms with Crippen molar-refractivity contribution in [3.63, 3.8) is 0 Å². The number of hydrogen-bond donors (Lipinski definition) is 2. The number of aromatic nitrogens is 2. The third-order valence-electron chi connectivity index (χ3n) is 4.24. The lowest BCUT2D eigenvalue weighted by atomic mass is 9.87. The van der Waals surface area contributed by atoms with Gasteiger partial charge in [-0.1, -0.05) is 75.4 Å². The number of hydrazone groups is 1. The minimum absolute atomic E-state index is 0.0292. The minimum Gasteiger partial charge on any atom is -0.290 e. The van der Waals surface area contributed by atoms with Crippen molar-refractivity contribution in [1.29, 1.82) is 5.26 Å². The summed E-state index contributed by atoms with van der Waals surface area (Å²) in [4.78, 5) is 19.1. The lowest BCUT2D eigenvalue weighted by molar-refractivity contribution is 0.590. The topological polar surface area (TPSA) is 93.9 Å². The van der Waals surface area contributed by atoms with Crippen molar-refractivity contribution in [2.24, 2.45) is 5.10 Å². The molecule has 0 aliphatic heterocycles. The molecule has 0 radical (unpaired) electrons. The van der Waals surface area contributed by atoms with Gasteiger partial charge >= 0.3 is 0 Å². The summed E-state index contributed by atoms with van der Waals surface area (Å²) in [5.74, 6) is 0.172. The fourth-order valence-corrected chi connectivity index (χ4v) is 2.67. The fourth-order valence-electron chi connectivity index (χ4n) is 2.67. The zero-order valence-corrected chi connectivity index (χ0v) is 16.0. The van der Waals surface area contributed by atoms with Crippen LogP contribution in [0.3, 0.4) is 0 Å². The minimum atomic E-state index is -0.511. The van der Waals surface area contributed by atoms with Crippen molar-refractivity contribution in [1.82, 2.24) is 9.97 Å². The second kappa shape index (κ2) is 7.89. The lowest BCUT2D eigenvalue weighted by Crippen LogP contribution is -2.16. The summed E-state index contributed by atoms with van der Waals surface area (Å²) in [6, 6.07) is 19.1. The van der Waals surface area contributed by atoms with Crippen LogP contribution in [0.5, 0.6) is 0 Å². The molecule has 140 valence electrons. The zero-order valence-electron chi connectivity index (χ0n) is 16.0. The first-order valence-electron chi connectivity index (χ1n) is 8.88. The molecule has 0 bridgehead atoms. The highest BCUT2D eigenvalue weighted by atomic mass is 16.1. The third-order valence-corrected chi connectivity index (χ3v) is 4.24. The summed E-state index contributed by atoms with van der Waals surface area (Å²) in [7, 11) is 0. The summed E-state index contributed by atoms with van der Waals surface area (Å²) in [6.07, 6.45) is 1.65. The molecule has 28 heavy (non-hydrogen) atoms. The molecule has 0 saturated carbocycles. The van der Waals surface area contributed by atoms with E-state index in [1.165, 1.54) is 5.56 Å². The molecule has 0 amide bonds. The molecule has 3 aromatic rings. The Morgan fingerprint density at radius 1 is 1.11 bits per heavy atom. The number of aromatic amines is 1. The van der Waals surface area contributed by atoms with Gasteiger partial charge in [-0.2, -0.15) is 10.4 Å². The standard InChI is InChI=1S/C22H21N5O/c1-22(2,3)17-11-9-15(10-12-17)14-24-27-21-25-19(16-7-5-4-6-8-16)18(13-23)20(28)26-21/h4-12,14H,1-3H3,(H2,25,26,27,28). The zero-order chi connectivity index (χ0) is 20.1. The van der Waals surface area contributed by atoms with Crippen molar-refractivity contribution in [2.45, 2.75) is 26.2 Å². The largest absolute Gasteiger partial charge is 0.290 e. The van der Waals surface area contributed by atoms with Crippen molar-refractivity contribution < 1.29 is 0 Å². The Morgan fingerprint density at radius 2 is 1.79 bits per heavy atom. The van der Waals surface area contributed by atoms with E-state index < -0.39 is 5.56 Å². The highest BCUT2D eigenvalue weighted by molar-refractivity contribution is 5.80. The Hall–Kier alpha value is -3.72. The number of nitriles is 1. The van der Waals surface area contributed by atoms with Crippen LogP contribution in [0.4, 0.5) is 5.95 Å². The van der Waals surface area contributed by atoms with Crippen LogP contribution in [0.2, 0.25) is 0 Å². The first-order valence-corrected chi connectivity index (χ1v) is 8.88. The maximum absolute atomic E-state index is 12.2. The Labute approximate surface area is 163 Å². The van der Waals surface area contributed by atoms with Gasteiger partial charge in [0.1, 0.15) is 11.6 Å². The molecule has 3 rings (SSSR count). The molecule has 0 saturated heterocycles. The number of hydrogen-bond acceptors (Lipinski definition) is 5. The molecule has 1 heterocycles. The van der Waals surface area contributed by atoms with Gasteiger partial charge in [0.25, 0.3) is 5.56 Å².